The molecule has 1 aromatic rings. The number of ether oxygens (including phenoxy) is 2. The quantitative estimate of drug-likeness (QED) is 0.820. The standard InChI is InChI=1S/C19H30N2O2.2ClH/c1-22-16-8-9-17(18(14-16)23-2)19(15-6-4-3-5-7-15)21-12-10-20-11-13-21;;/h8-9,14-15,19-20H,3-7,10-13H2,1-2H3;2*1H/t19-;;/m1../s1. The zero-order chi connectivity index (χ0) is 16.1. The third kappa shape index (κ3) is 5.40. The summed E-state index contributed by atoms with van der Waals surface area (Å²) in [5.41, 5.74) is 1.34. The van der Waals surface area contributed by atoms with Gasteiger partial charge in [0.15, 0.2) is 0 Å². The number of methoxy groups -OCH3 is 2. The number of rotatable bonds is 5. The number of hydrogen-bond donors (Lipinski definition) is 1. The summed E-state index contributed by atoms with van der Waals surface area (Å²) in [4.78, 5) is 2.66. The fraction of sp³-hybridized carbons (Fsp3) is 0.684. The van der Waals surface area contributed by atoms with Crippen LogP contribution in [-0.4, -0.2) is 45.3 Å². The third-order valence-corrected chi connectivity index (χ3v) is 5.40. The lowest BCUT2D eigenvalue weighted by Gasteiger charge is -2.41. The average Bonchev–Trinajstić information content (AvgIpc) is 2.64. The number of benzene rings is 1. The Bertz CT molecular complexity index is 486. The summed E-state index contributed by atoms with van der Waals surface area (Å²) in [6.07, 6.45) is 6.80. The molecule has 3 rings (SSSR count). The monoisotopic (exact) mass is 390 g/mol. The zero-order valence-corrected chi connectivity index (χ0v) is 17.0. The molecule has 144 valence electrons. The SMILES string of the molecule is COc1ccc([C@@H](C2CCCCC2)N2CCNCC2)c(OC)c1.Cl.Cl. The molecule has 0 spiro atoms. The molecule has 2 aliphatic rings. The van der Waals surface area contributed by atoms with E-state index in [0.717, 1.165) is 43.6 Å². The Kier molecular flexibility index (Phi) is 9.95. The molecule has 1 aliphatic heterocycles. The van der Waals surface area contributed by atoms with Crippen molar-refractivity contribution in [2.75, 3.05) is 40.4 Å². The van der Waals surface area contributed by atoms with Crippen molar-refractivity contribution in [2.24, 2.45) is 5.92 Å². The van der Waals surface area contributed by atoms with E-state index in [9.17, 15) is 0 Å². The van der Waals surface area contributed by atoms with Gasteiger partial charge in [-0.25, -0.2) is 0 Å². The topological polar surface area (TPSA) is 33.7 Å². The normalized spacial score (nSPS) is 20.1. The molecule has 1 aliphatic carbocycles. The predicted octanol–water partition coefficient (Wildman–Crippen LogP) is 4.07. The summed E-state index contributed by atoms with van der Waals surface area (Å²) in [6, 6.07) is 6.81. The number of piperazine rings is 1. The van der Waals surface area contributed by atoms with Crippen molar-refractivity contribution in [1.82, 2.24) is 10.2 Å². The molecule has 0 aromatic heterocycles. The van der Waals surface area contributed by atoms with Gasteiger partial charge < -0.3 is 14.8 Å². The first kappa shape index (κ1) is 22.4. The van der Waals surface area contributed by atoms with Crippen molar-refractivity contribution < 1.29 is 9.47 Å². The first-order valence-corrected chi connectivity index (χ1v) is 9.00. The smallest absolute Gasteiger partial charge is 0.127 e. The molecule has 6 heteroatoms. The van der Waals surface area contributed by atoms with E-state index in [1.165, 1.54) is 37.7 Å². The highest BCUT2D eigenvalue weighted by Crippen LogP contribution is 2.42. The lowest BCUT2D eigenvalue weighted by atomic mass is 9.80. The van der Waals surface area contributed by atoms with Gasteiger partial charge in [0.05, 0.1) is 14.2 Å². The Morgan fingerprint density at radius 2 is 1.68 bits per heavy atom. The molecule has 1 saturated carbocycles. The molecule has 25 heavy (non-hydrogen) atoms. The summed E-state index contributed by atoms with van der Waals surface area (Å²) < 4.78 is 11.1. The van der Waals surface area contributed by atoms with Crippen LogP contribution in [0.25, 0.3) is 0 Å². The second-order valence-electron chi connectivity index (χ2n) is 6.74. The van der Waals surface area contributed by atoms with Crippen LogP contribution in [0.2, 0.25) is 0 Å². The van der Waals surface area contributed by atoms with Crippen LogP contribution in [0.15, 0.2) is 18.2 Å². The zero-order valence-electron chi connectivity index (χ0n) is 15.3. The average molecular weight is 391 g/mol. The summed E-state index contributed by atoms with van der Waals surface area (Å²) in [7, 11) is 3.48. The van der Waals surface area contributed by atoms with E-state index in [4.69, 9.17) is 9.47 Å². The van der Waals surface area contributed by atoms with Gasteiger partial charge >= 0.3 is 0 Å². The fourth-order valence-electron chi connectivity index (χ4n) is 4.22. The van der Waals surface area contributed by atoms with Crippen LogP contribution in [0, 0.1) is 5.92 Å². The van der Waals surface area contributed by atoms with Crippen molar-refractivity contribution in [1.29, 1.82) is 0 Å². The highest BCUT2D eigenvalue weighted by molar-refractivity contribution is 5.85. The second-order valence-corrected chi connectivity index (χ2v) is 6.74. The Morgan fingerprint density at radius 3 is 2.28 bits per heavy atom. The van der Waals surface area contributed by atoms with Gasteiger partial charge in [-0.2, -0.15) is 0 Å². The van der Waals surface area contributed by atoms with Crippen LogP contribution in [0.1, 0.15) is 43.7 Å². The lowest BCUT2D eigenvalue weighted by molar-refractivity contribution is 0.101. The van der Waals surface area contributed by atoms with E-state index in [1.54, 1.807) is 14.2 Å². The summed E-state index contributed by atoms with van der Waals surface area (Å²) in [5.74, 6) is 2.58. The van der Waals surface area contributed by atoms with E-state index in [2.05, 4.69) is 22.3 Å². The maximum Gasteiger partial charge on any atom is 0.127 e. The first-order chi connectivity index (χ1) is 11.3. The maximum absolute atomic E-state index is 5.73. The van der Waals surface area contributed by atoms with Crippen molar-refractivity contribution >= 4 is 24.8 Å². The molecular formula is C19H32Cl2N2O2. The molecule has 0 radical (unpaired) electrons. The van der Waals surface area contributed by atoms with Gasteiger partial charge in [-0.05, 0) is 24.8 Å². The Labute approximate surface area is 164 Å². The van der Waals surface area contributed by atoms with E-state index in [1.807, 2.05) is 6.07 Å². The number of nitrogens with zero attached hydrogens (tertiary/aromatic N) is 1. The molecule has 1 aromatic carbocycles. The minimum absolute atomic E-state index is 0. The highest BCUT2D eigenvalue weighted by Gasteiger charge is 2.32. The number of halogens is 2. The van der Waals surface area contributed by atoms with Gasteiger partial charge in [-0.15, -0.1) is 24.8 Å². The Balaban J connectivity index is 0.00000156. The first-order valence-electron chi connectivity index (χ1n) is 9.00. The van der Waals surface area contributed by atoms with Crippen LogP contribution in [-0.2, 0) is 0 Å². The van der Waals surface area contributed by atoms with Crippen molar-refractivity contribution in [3.05, 3.63) is 23.8 Å². The third-order valence-electron chi connectivity index (χ3n) is 5.40. The minimum Gasteiger partial charge on any atom is -0.497 e. The van der Waals surface area contributed by atoms with Crippen LogP contribution in [0.4, 0.5) is 0 Å². The molecule has 1 N–H and O–H groups in total. The predicted molar refractivity (Wildman–Crippen MR) is 108 cm³/mol. The molecule has 4 nitrogen and oxygen atoms in total. The summed E-state index contributed by atoms with van der Waals surface area (Å²) in [5, 5.41) is 3.48. The van der Waals surface area contributed by atoms with E-state index >= 15 is 0 Å². The maximum atomic E-state index is 5.73. The molecule has 0 unspecified atom stereocenters. The van der Waals surface area contributed by atoms with Crippen LogP contribution in [0.5, 0.6) is 11.5 Å². The van der Waals surface area contributed by atoms with Gasteiger partial charge in [-0.3, -0.25) is 4.90 Å². The minimum atomic E-state index is 0. The van der Waals surface area contributed by atoms with Gasteiger partial charge in [0.2, 0.25) is 0 Å². The van der Waals surface area contributed by atoms with Crippen LogP contribution in [0.3, 0.4) is 0 Å². The molecule has 0 bridgehead atoms. The van der Waals surface area contributed by atoms with Gasteiger partial charge in [0, 0.05) is 43.9 Å². The largest absolute Gasteiger partial charge is 0.497 e. The van der Waals surface area contributed by atoms with Crippen molar-refractivity contribution in [3.8, 4) is 11.5 Å². The Hall–Kier alpha value is -0.680. The molecule has 0 amide bonds. The molecule has 2 fully saturated rings. The number of hydrogen-bond acceptors (Lipinski definition) is 4. The van der Waals surface area contributed by atoms with Crippen LogP contribution >= 0.6 is 24.8 Å². The van der Waals surface area contributed by atoms with E-state index < -0.39 is 0 Å². The van der Waals surface area contributed by atoms with E-state index in [0.29, 0.717) is 6.04 Å². The molecule has 1 heterocycles. The number of nitrogens with one attached hydrogen (secondary N) is 1. The van der Waals surface area contributed by atoms with Gasteiger partial charge in [0.1, 0.15) is 11.5 Å². The van der Waals surface area contributed by atoms with E-state index in [-0.39, 0.29) is 24.8 Å². The van der Waals surface area contributed by atoms with Crippen molar-refractivity contribution in [2.45, 2.75) is 38.1 Å². The molecular weight excluding hydrogens is 359 g/mol. The van der Waals surface area contributed by atoms with Crippen molar-refractivity contribution in [3.63, 3.8) is 0 Å². The lowest BCUT2D eigenvalue weighted by Crippen LogP contribution is -2.47. The van der Waals surface area contributed by atoms with Gasteiger partial charge in [0.25, 0.3) is 0 Å². The second kappa shape index (κ2) is 11.1. The summed E-state index contributed by atoms with van der Waals surface area (Å²) >= 11 is 0. The highest BCUT2D eigenvalue weighted by atomic mass is 35.5. The molecule has 1 atom stereocenters. The fourth-order valence-corrected chi connectivity index (χ4v) is 4.22. The van der Waals surface area contributed by atoms with Gasteiger partial charge in [-0.1, -0.05) is 25.3 Å². The Morgan fingerprint density at radius 1 is 1.00 bits per heavy atom. The van der Waals surface area contributed by atoms with Crippen LogP contribution < -0.4 is 14.8 Å². The summed E-state index contributed by atoms with van der Waals surface area (Å²) in [6.45, 7) is 4.41. The molecule has 1 saturated heterocycles.